The Balaban J connectivity index is 1.59. The number of halogens is 1. The third-order valence-electron chi connectivity index (χ3n) is 3.41. The Kier molecular flexibility index (Phi) is 3.64. The van der Waals surface area contributed by atoms with Gasteiger partial charge in [0.1, 0.15) is 9.34 Å². The van der Waals surface area contributed by atoms with Gasteiger partial charge in [0, 0.05) is 12.6 Å². The van der Waals surface area contributed by atoms with Crippen LogP contribution in [0.1, 0.15) is 22.6 Å². The van der Waals surface area contributed by atoms with Crippen molar-refractivity contribution in [2.75, 3.05) is 0 Å². The number of rotatable bonds is 3. The van der Waals surface area contributed by atoms with Crippen LogP contribution in [-0.4, -0.2) is 11.0 Å². The molecule has 1 unspecified atom stereocenters. The van der Waals surface area contributed by atoms with Crippen LogP contribution < -0.4 is 5.32 Å². The van der Waals surface area contributed by atoms with Crippen molar-refractivity contribution in [1.82, 2.24) is 10.3 Å². The fourth-order valence-corrected chi connectivity index (χ4v) is 3.38. The number of nitrogens with one attached hydrogen (secondary N) is 1. The molecule has 1 aromatic heterocycles. The van der Waals surface area contributed by atoms with E-state index in [2.05, 4.69) is 34.6 Å². The lowest BCUT2D eigenvalue weighted by atomic mass is 9.88. The summed E-state index contributed by atoms with van der Waals surface area (Å²) in [6.45, 7) is 0.824. The summed E-state index contributed by atoms with van der Waals surface area (Å²) in [5.74, 6) is 0. The van der Waals surface area contributed by atoms with Gasteiger partial charge in [-0.05, 0) is 30.4 Å². The van der Waals surface area contributed by atoms with E-state index in [1.54, 1.807) is 17.5 Å². The summed E-state index contributed by atoms with van der Waals surface area (Å²) in [5, 5.41) is 4.65. The summed E-state index contributed by atoms with van der Waals surface area (Å²) in [4.78, 5) is 4.27. The summed E-state index contributed by atoms with van der Waals surface area (Å²) in [7, 11) is 0. The van der Waals surface area contributed by atoms with Crippen LogP contribution in [0.4, 0.5) is 0 Å². The first-order valence-corrected chi connectivity index (χ1v) is 7.41. The van der Waals surface area contributed by atoms with E-state index in [9.17, 15) is 0 Å². The maximum Gasteiger partial charge on any atom is 0.113 e. The molecule has 2 aromatic rings. The Morgan fingerprint density at radius 3 is 2.94 bits per heavy atom. The molecular weight excluding hydrogens is 264 g/mol. The topological polar surface area (TPSA) is 24.9 Å². The number of fused-ring (bicyclic) bond motifs is 1. The molecule has 0 aliphatic heterocycles. The van der Waals surface area contributed by atoms with Crippen LogP contribution in [0.5, 0.6) is 0 Å². The van der Waals surface area contributed by atoms with Crippen molar-refractivity contribution < 1.29 is 0 Å². The fraction of sp³-hybridized carbons (Fsp3) is 0.357. The van der Waals surface area contributed by atoms with E-state index in [1.165, 1.54) is 24.0 Å². The second kappa shape index (κ2) is 5.39. The van der Waals surface area contributed by atoms with Crippen molar-refractivity contribution in [3.63, 3.8) is 0 Å². The molecule has 0 saturated heterocycles. The smallest absolute Gasteiger partial charge is 0.113 e. The van der Waals surface area contributed by atoms with Crippen molar-refractivity contribution >= 4 is 22.9 Å². The van der Waals surface area contributed by atoms with Crippen molar-refractivity contribution in [1.29, 1.82) is 0 Å². The number of thiazole rings is 1. The molecule has 3 rings (SSSR count). The van der Waals surface area contributed by atoms with Crippen LogP contribution in [0.3, 0.4) is 0 Å². The van der Waals surface area contributed by atoms with Crippen molar-refractivity contribution in [3.05, 3.63) is 50.9 Å². The lowest BCUT2D eigenvalue weighted by Crippen LogP contribution is -2.34. The number of aromatic nitrogens is 1. The predicted molar refractivity (Wildman–Crippen MR) is 76.2 cm³/mol. The molecule has 0 fully saturated rings. The van der Waals surface area contributed by atoms with Crippen molar-refractivity contribution in [3.8, 4) is 0 Å². The van der Waals surface area contributed by atoms with Gasteiger partial charge in [0.05, 0.1) is 6.20 Å². The lowest BCUT2D eigenvalue weighted by Gasteiger charge is -2.25. The summed E-state index contributed by atoms with van der Waals surface area (Å²) in [6.07, 6.45) is 5.22. The zero-order valence-corrected chi connectivity index (χ0v) is 11.6. The van der Waals surface area contributed by atoms with Crippen LogP contribution in [0, 0.1) is 0 Å². The standard InChI is InChI=1S/C14H15ClN2S/c15-13-8-17-14(18-13)9-16-12-6-5-10-3-1-2-4-11(10)7-12/h1-4,8,12,16H,5-7,9H2. The molecule has 2 nitrogen and oxygen atoms in total. The Labute approximate surface area is 116 Å². The molecule has 0 amide bonds. The molecular formula is C14H15ClN2S. The molecule has 0 saturated carbocycles. The Hall–Kier alpha value is -0.900. The highest BCUT2D eigenvalue weighted by atomic mass is 35.5. The number of nitrogens with zero attached hydrogens (tertiary/aromatic N) is 1. The maximum absolute atomic E-state index is 5.88. The van der Waals surface area contributed by atoms with E-state index in [-0.39, 0.29) is 0 Å². The molecule has 1 aromatic carbocycles. The largest absolute Gasteiger partial charge is 0.307 e. The Morgan fingerprint density at radius 2 is 2.17 bits per heavy atom. The highest BCUT2D eigenvalue weighted by molar-refractivity contribution is 7.15. The average molecular weight is 279 g/mol. The van der Waals surface area contributed by atoms with Gasteiger partial charge in [-0.1, -0.05) is 35.9 Å². The van der Waals surface area contributed by atoms with Gasteiger partial charge in [-0.3, -0.25) is 0 Å². The van der Waals surface area contributed by atoms with Crippen LogP contribution >= 0.6 is 22.9 Å². The van der Waals surface area contributed by atoms with Gasteiger partial charge >= 0.3 is 0 Å². The highest BCUT2D eigenvalue weighted by Crippen LogP contribution is 2.22. The van der Waals surface area contributed by atoms with Crippen LogP contribution in [0.25, 0.3) is 0 Å². The molecule has 4 heteroatoms. The molecule has 1 aliphatic rings. The van der Waals surface area contributed by atoms with E-state index >= 15 is 0 Å². The molecule has 1 aliphatic carbocycles. The quantitative estimate of drug-likeness (QED) is 0.930. The second-order valence-corrected chi connectivity index (χ2v) is 6.39. The van der Waals surface area contributed by atoms with Crippen molar-refractivity contribution in [2.24, 2.45) is 0 Å². The van der Waals surface area contributed by atoms with Gasteiger partial charge in [-0.2, -0.15) is 0 Å². The van der Waals surface area contributed by atoms with Crippen molar-refractivity contribution in [2.45, 2.75) is 31.8 Å². The first-order chi connectivity index (χ1) is 8.81. The number of benzene rings is 1. The minimum Gasteiger partial charge on any atom is -0.307 e. The fourth-order valence-electron chi connectivity index (χ4n) is 2.47. The van der Waals surface area contributed by atoms with Gasteiger partial charge < -0.3 is 5.32 Å². The van der Waals surface area contributed by atoms with E-state index in [0.29, 0.717) is 6.04 Å². The van der Waals surface area contributed by atoms with Gasteiger partial charge in [0.25, 0.3) is 0 Å². The first-order valence-electron chi connectivity index (χ1n) is 6.21. The second-order valence-electron chi connectivity index (χ2n) is 4.65. The number of hydrogen-bond donors (Lipinski definition) is 1. The molecule has 1 atom stereocenters. The van der Waals surface area contributed by atoms with E-state index in [4.69, 9.17) is 11.6 Å². The van der Waals surface area contributed by atoms with Gasteiger partial charge in [0.2, 0.25) is 0 Å². The number of aryl methyl sites for hydroxylation is 1. The number of hydrogen-bond acceptors (Lipinski definition) is 3. The molecule has 0 bridgehead atoms. The summed E-state index contributed by atoms with van der Waals surface area (Å²) < 4.78 is 0.765. The summed E-state index contributed by atoms with van der Waals surface area (Å²) >= 11 is 7.43. The third-order valence-corrected chi connectivity index (χ3v) is 4.53. The molecule has 1 heterocycles. The van der Waals surface area contributed by atoms with Crippen LogP contribution in [-0.2, 0) is 19.4 Å². The first kappa shape index (κ1) is 12.2. The van der Waals surface area contributed by atoms with E-state index in [0.717, 1.165) is 22.3 Å². The van der Waals surface area contributed by atoms with Gasteiger partial charge in [0.15, 0.2) is 0 Å². The molecule has 94 valence electrons. The van der Waals surface area contributed by atoms with E-state index in [1.807, 2.05) is 0 Å². The minimum atomic E-state index is 0.558. The molecule has 0 radical (unpaired) electrons. The van der Waals surface area contributed by atoms with E-state index < -0.39 is 0 Å². The highest BCUT2D eigenvalue weighted by Gasteiger charge is 2.17. The minimum absolute atomic E-state index is 0.558. The predicted octanol–water partition coefficient (Wildman–Crippen LogP) is 3.44. The average Bonchev–Trinajstić information content (AvgIpc) is 2.82. The maximum atomic E-state index is 5.88. The van der Waals surface area contributed by atoms with Crippen LogP contribution in [0.15, 0.2) is 30.5 Å². The Morgan fingerprint density at radius 1 is 1.33 bits per heavy atom. The summed E-state index contributed by atoms with van der Waals surface area (Å²) in [6, 6.07) is 9.30. The SMILES string of the molecule is Clc1cnc(CNC2CCc3ccccc3C2)s1. The van der Waals surface area contributed by atoms with Gasteiger partial charge in [-0.25, -0.2) is 4.98 Å². The van der Waals surface area contributed by atoms with Crippen LogP contribution in [0.2, 0.25) is 4.34 Å². The zero-order chi connectivity index (χ0) is 12.4. The Bertz CT molecular complexity index is 538. The monoisotopic (exact) mass is 278 g/mol. The summed E-state index contributed by atoms with van der Waals surface area (Å²) in [5.41, 5.74) is 2.99. The molecule has 1 N–H and O–H groups in total. The zero-order valence-electron chi connectivity index (χ0n) is 10.0. The third kappa shape index (κ3) is 2.74. The molecule has 0 spiro atoms. The normalized spacial score (nSPS) is 18.6. The lowest BCUT2D eigenvalue weighted by molar-refractivity contribution is 0.457. The van der Waals surface area contributed by atoms with Gasteiger partial charge in [-0.15, -0.1) is 11.3 Å². The molecule has 18 heavy (non-hydrogen) atoms.